The van der Waals surface area contributed by atoms with Crippen molar-refractivity contribution in [3.63, 3.8) is 0 Å². The second kappa shape index (κ2) is 6.47. The summed E-state index contributed by atoms with van der Waals surface area (Å²) in [5, 5.41) is 0. The van der Waals surface area contributed by atoms with E-state index >= 15 is 0 Å². The Labute approximate surface area is 131 Å². The highest BCUT2D eigenvalue weighted by molar-refractivity contribution is 5.89. The highest BCUT2D eigenvalue weighted by atomic mass is 14.3. The molecule has 114 valence electrons. The maximum absolute atomic E-state index is 2.42. The van der Waals surface area contributed by atoms with E-state index in [9.17, 15) is 0 Å². The van der Waals surface area contributed by atoms with Gasteiger partial charge in [0.05, 0.1) is 0 Å². The third-order valence-corrected chi connectivity index (χ3v) is 4.06. The predicted molar refractivity (Wildman–Crippen MR) is 96.7 cm³/mol. The first-order valence-corrected chi connectivity index (χ1v) is 7.71. The van der Waals surface area contributed by atoms with Gasteiger partial charge in [-0.2, -0.15) is 0 Å². The molecule has 0 heteroatoms. The molecule has 0 fully saturated rings. The summed E-state index contributed by atoms with van der Waals surface area (Å²) in [4.78, 5) is 0. The molecular formula is C21H30. The van der Waals surface area contributed by atoms with Crippen molar-refractivity contribution in [2.24, 2.45) is 5.41 Å². The molecule has 1 atom stereocenters. The monoisotopic (exact) mass is 282 g/mol. The van der Waals surface area contributed by atoms with Crippen LogP contribution in [0.1, 0.15) is 64.7 Å². The Kier molecular flexibility index (Phi) is 5.39. The van der Waals surface area contributed by atoms with E-state index in [0.717, 1.165) is 0 Å². The summed E-state index contributed by atoms with van der Waals surface area (Å²) in [6.07, 6.45) is 9.21. The first-order valence-electron chi connectivity index (χ1n) is 7.71. The highest BCUT2D eigenvalue weighted by Gasteiger charge is 2.30. The fourth-order valence-corrected chi connectivity index (χ4v) is 3.05. The molecule has 1 aromatic carbocycles. The molecular weight excluding hydrogens is 252 g/mol. The van der Waals surface area contributed by atoms with Crippen LogP contribution >= 0.6 is 0 Å². The van der Waals surface area contributed by atoms with Gasteiger partial charge in [-0.25, -0.2) is 0 Å². The van der Waals surface area contributed by atoms with Crippen molar-refractivity contribution in [2.45, 2.75) is 54.9 Å². The van der Waals surface area contributed by atoms with Crippen molar-refractivity contribution in [3.05, 3.63) is 64.8 Å². The fourth-order valence-electron chi connectivity index (χ4n) is 3.05. The summed E-state index contributed by atoms with van der Waals surface area (Å²) in [5.41, 5.74) is 7.31. The van der Waals surface area contributed by atoms with Gasteiger partial charge in [0, 0.05) is 11.3 Å². The molecule has 0 bridgehead atoms. The second-order valence-corrected chi connectivity index (χ2v) is 6.17. The van der Waals surface area contributed by atoms with E-state index in [1.165, 1.54) is 27.8 Å². The summed E-state index contributed by atoms with van der Waals surface area (Å²) in [6, 6.07) is 6.85. The van der Waals surface area contributed by atoms with Crippen LogP contribution in [-0.4, -0.2) is 0 Å². The van der Waals surface area contributed by atoms with Crippen LogP contribution < -0.4 is 0 Å². The molecule has 2 aliphatic rings. The van der Waals surface area contributed by atoms with Gasteiger partial charge in [0.1, 0.15) is 0 Å². The summed E-state index contributed by atoms with van der Waals surface area (Å²) >= 11 is 0. The van der Waals surface area contributed by atoms with Gasteiger partial charge in [0.15, 0.2) is 0 Å². The first-order chi connectivity index (χ1) is 9.48. The van der Waals surface area contributed by atoms with Gasteiger partial charge in [-0.05, 0) is 29.2 Å². The maximum atomic E-state index is 2.42. The molecule has 0 aromatic heterocycles. The Hall–Kier alpha value is -1.56. The molecule has 0 saturated carbocycles. The third kappa shape index (κ3) is 3.20. The second-order valence-electron chi connectivity index (χ2n) is 6.17. The standard InChI is InChI=1S/C18H20.C2H6.CH4/c1-12-7-8-15-13(2)14-6-5-9-18(3,4)11-17(14)16(15)10-12;1-2;/h5-11,13H,1-4H3;1-2H3;1H4. The minimum absolute atomic E-state index is 0. The Balaban J connectivity index is 0.000000706. The van der Waals surface area contributed by atoms with E-state index in [0.29, 0.717) is 5.92 Å². The van der Waals surface area contributed by atoms with Gasteiger partial charge >= 0.3 is 0 Å². The number of benzene rings is 1. The molecule has 21 heavy (non-hydrogen) atoms. The maximum Gasteiger partial charge on any atom is 0.00731 e. The predicted octanol–water partition coefficient (Wildman–Crippen LogP) is 6.68. The molecule has 0 N–H and O–H groups in total. The lowest BCUT2D eigenvalue weighted by molar-refractivity contribution is 0.629. The average Bonchev–Trinajstić information content (AvgIpc) is 2.57. The third-order valence-electron chi connectivity index (χ3n) is 4.06. The van der Waals surface area contributed by atoms with Crippen LogP contribution in [0.25, 0.3) is 5.57 Å². The molecule has 1 unspecified atom stereocenters. The number of fused-ring (bicyclic) bond motifs is 3. The summed E-state index contributed by atoms with van der Waals surface area (Å²) in [7, 11) is 0. The summed E-state index contributed by atoms with van der Waals surface area (Å²) in [6.45, 7) is 13.0. The van der Waals surface area contributed by atoms with Crippen LogP contribution in [0.4, 0.5) is 0 Å². The van der Waals surface area contributed by atoms with Gasteiger partial charge in [0.25, 0.3) is 0 Å². The zero-order valence-electron chi connectivity index (χ0n) is 13.6. The van der Waals surface area contributed by atoms with Crippen molar-refractivity contribution >= 4 is 5.57 Å². The SMILES string of the molecule is C.CC.Cc1ccc2c(c1)C1=CC(C)(C)C=CC=C1C2C. The zero-order chi connectivity index (χ0) is 14.9. The molecule has 0 saturated heterocycles. The van der Waals surface area contributed by atoms with Crippen molar-refractivity contribution < 1.29 is 0 Å². The number of hydrogen-bond acceptors (Lipinski definition) is 0. The Morgan fingerprint density at radius 2 is 1.76 bits per heavy atom. The van der Waals surface area contributed by atoms with Crippen molar-refractivity contribution in [2.75, 3.05) is 0 Å². The average molecular weight is 282 g/mol. The Bertz CT molecular complexity index is 594. The van der Waals surface area contributed by atoms with E-state index in [4.69, 9.17) is 0 Å². The van der Waals surface area contributed by atoms with Crippen molar-refractivity contribution in [3.8, 4) is 0 Å². The first kappa shape index (κ1) is 17.5. The minimum Gasteiger partial charge on any atom is -0.0776 e. The molecule has 0 spiro atoms. The van der Waals surface area contributed by atoms with Crippen LogP contribution in [0.2, 0.25) is 0 Å². The molecule has 2 aliphatic carbocycles. The van der Waals surface area contributed by atoms with Crippen LogP contribution in [0.3, 0.4) is 0 Å². The number of aryl methyl sites for hydroxylation is 1. The van der Waals surface area contributed by atoms with E-state index in [1.807, 2.05) is 13.8 Å². The van der Waals surface area contributed by atoms with E-state index < -0.39 is 0 Å². The lowest BCUT2D eigenvalue weighted by Crippen LogP contribution is -2.02. The summed E-state index contributed by atoms with van der Waals surface area (Å²) in [5.74, 6) is 0.519. The molecule has 3 rings (SSSR count). The highest BCUT2D eigenvalue weighted by Crippen LogP contribution is 2.48. The van der Waals surface area contributed by atoms with Crippen LogP contribution in [0, 0.1) is 12.3 Å². The van der Waals surface area contributed by atoms with E-state index in [-0.39, 0.29) is 12.8 Å². The lowest BCUT2D eigenvalue weighted by atomic mass is 9.89. The molecule has 1 aromatic rings. The molecule has 0 radical (unpaired) electrons. The normalized spacial score (nSPS) is 20.8. The summed E-state index contributed by atoms with van der Waals surface area (Å²) < 4.78 is 0. The number of hydrogen-bond donors (Lipinski definition) is 0. The van der Waals surface area contributed by atoms with Crippen molar-refractivity contribution in [1.82, 2.24) is 0 Å². The smallest absolute Gasteiger partial charge is 0.00731 e. The number of rotatable bonds is 0. The topological polar surface area (TPSA) is 0 Å². The number of allylic oxidation sites excluding steroid dienone is 6. The quantitative estimate of drug-likeness (QED) is 0.498. The van der Waals surface area contributed by atoms with Crippen LogP contribution in [-0.2, 0) is 0 Å². The van der Waals surface area contributed by atoms with Gasteiger partial charge < -0.3 is 0 Å². The van der Waals surface area contributed by atoms with E-state index in [1.54, 1.807) is 0 Å². The van der Waals surface area contributed by atoms with Gasteiger partial charge in [-0.3, -0.25) is 0 Å². The molecule has 0 heterocycles. The zero-order valence-corrected chi connectivity index (χ0v) is 13.6. The molecule has 0 aliphatic heterocycles. The fraction of sp³-hybridized carbons (Fsp3) is 0.429. The Morgan fingerprint density at radius 1 is 1.10 bits per heavy atom. The van der Waals surface area contributed by atoms with Crippen molar-refractivity contribution in [1.29, 1.82) is 0 Å². The van der Waals surface area contributed by atoms with Gasteiger partial charge in [-0.1, -0.05) is 90.1 Å². The molecule has 0 nitrogen and oxygen atoms in total. The van der Waals surface area contributed by atoms with E-state index in [2.05, 4.69) is 70.2 Å². The lowest BCUT2D eigenvalue weighted by Gasteiger charge is -2.15. The van der Waals surface area contributed by atoms with Crippen LogP contribution in [0.5, 0.6) is 0 Å². The van der Waals surface area contributed by atoms with Gasteiger partial charge in [-0.15, -0.1) is 0 Å². The van der Waals surface area contributed by atoms with Gasteiger partial charge in [0.2, 0.25) is 0 Å². The minimum atomic E-state index is 0. The van der Waals surface area contributed by atoms with Crippen LogP contribution in [0.15, 0.2) is 48.1 Å². The Morgan fingerprint density at radius 3 is 2.43 bits per heavy atom. The molecule has 0 amide bonds. The largest absolute Gasteiger partial charge is 0.0776 e.